The molecule has 1 N–H and O–H groups in total. The first-order valence-corrected chi connectivity index (χ1v) is 5.30. The second-order valence-corrected chi connectivity index (χ2v) is 4.11. The van der Waals surface area contributed by atoms with E-state index in [0.29, 0.717) is 5.92 Å². The molecule has 14 heavy (non-hydrogen) atoms. The Morgan fingerprint density at radius 3 is 2.57 bits per heavy atom. The highest BCUT2D eigenvalue weighted by Crippen LogP contribution is 2.13. The number of aliphatic hydroxyl groups excluding tert-OH is 1. The summed E-state index contributed by atoms with van der Waals surface area (Å²) in [6.45, 7) is 8.15. The van der Waals surface area contributed by atoms with E-state index in [0.717, 1.165) is 19.3 Å². The van der Waals surface area contributed by atoms with Crippen molar-refractivity contribution in [1.29, 1.82) is 0 Å². The van der Waals surface area contributed by atoms with Crippen LogP contribution in [0.3, 0.4) is 0 Å². The molecule has 0 bridgehead atoms. The van der Waals surface area contributed by atoms with E-state index in [4.69, 9.17) is 0 Å². The molecule has 0 aromatic heterocycles. The maximum absolute atomic E-state index is 9.44. The first-order valence-electron chi connectivity index (χ1n) is 5.30. The Bertz CT molecular complexity index is 225. The van der Waals surface area contributed by atoms with Gasteiger partial charge in [-0.05, 0) is 46.0 Å². The number of allylic oxidation sites excluding steroid dienone is 2. The summed E-state index contributed by atoms with van der Waals surface area (Å²) >= 11 is 0. The minimum Gasteiger partial charge on any atom is -0.380 e. The van der Waals surface area contributed by atoms with E-state index < -0.39 is 6.10 Å². The van der Waals surface area contributed by atoms with E-state index >= 15 is 0 Å². The highest BCUT2D eigenvalue weighted by molar-refractivity contribution is 5.02. The Balaban J connectivity index is 3.68. The molecule has 1 nitrogen and oxygen atoms in total. The van der Waals surface area contributed by atoms with Crippen molar-refractivity contribution in [1.82, 2.24) is 0 Å². The molecule has 80 valence electrons. The van der Waals surface area contributed by atoms with E-state index in [-0.39, 0.29) is 0 Å². The summed E-state index contributed by atoms with van der Waals surface area (Å²) in [5.41, 5.74) is 1.37. The third-order valence-corrected chi connectivity index (χ3v) is 2.15. The van der Waals surface area contributed by atoms with Crippen LogP contribution in [0.25, 0.3) is 0 Å². The minimum atomic E-state index is -0.443. The van der Waals surface area contributed by atoms with Gasteiger partial charge in [0.25, 0.3) is 0 Å². The van der Waals surface area contributed by atoms with Gasteiger partial charge in [-0.2, -0.15) is 0 Å². The van der Waals surface area contributed by atoms with E-state index in [9.17, 15) is 5.11 Å². The highest BCUT2D eigenvalue weighted by atomic mass is 16.3. The Labute approximate surface area is 88.2 Å². The average molecular weight is 194 g/mol. The topological polar surface area (TPSA) is 20.2 Å². The fraction of sp³-hybridized carbons (Fsp3) is 0.692. The van der Waals surface area contributed by atoms with Gasteiger partial charge in [0, 0.05) is 0 Å². The van der Waals surface area contributed by atoms with Crippen molar-refractivity contribution in [3.8, 4) is 11.8 Å². The molecule has 0 aromatic rings. The van der Waals surface area contributed by atoms with Gasteiger partial charge in [0.2, 0.25) is 0 Å². The lowest BCUT2D eigenvalue weighted by atomic mass is 9.98. The van der Waals surface area contributed by atoms with Gasteiger partial charge < -0.3 is 5.11 Å². The monoisotopic (exact) mass is 194 g/mol. The molecule has 0 spiro atoms. The summed E-state index contributed by atoms with van der Waals surface area (Å²) in [6.07, 6.45) is 4.83. The number of rotatable bonds is 5. The van der Waals surface area contributed by atoms with Crippen molar-refractivity contribution in [2.24, 2.45) is 5.92 Å². The summed E-state index contributed by atoms with van der Waals surface area (Å²) in [6, 6.07) is 0. The van der Waals surface area contributed by atoms with Gasteiger partial charge in [0.05, 0.1) is 0 Å². The standard InChI is InChI=1S/C13H22O/c1-5-7-13(14)10-12(4)9-6-8-11(2)3/h8,12-14H,6,9-10H2,1-4H3. The number of aliphatic hydroxyl groups is 1. The van der Waals surface area contributed by atoms with Gasteiger partial charge in [-0.1, -0.05) is 24.5 Å². The summed E-state index contributed by atoms with van der Waals surface area (Å²) in [5.74, 6) is 6.04. The van der Waals surface area contributed by atoms with Crippen LogP contribution in [0, 0.1) is 17.8 Å². The quantitative estimate of drug-likeness (QED) is 0.526. The maximum atomic E-state index is 9.44. The molecule has 0 radical (unpaired) electrons. The Hall–Kier alpha value is -0.740. The molecule has 2 atom stereocenters. The van der Waals surface area contributed by atoms with Crippen LogP contribution in [0.15, 0.2) is 11.6 Å². The third kappa shape index (κ3) is 7.89. The lowest BCUT2D eigenvalue weighted by Crippen LogP contribution is -2.09. The fourth-order valence-electron chi connectivity index (χ4n) is 1.38. The minimum absolute atomic E-state index is 0.443. The summed E-state index contributed by atoms with van der Waals surface area (Å²) in [4.78, 5) is 0. The van der Waals surface area contributed by atoms with E-state index in [2.05, 4.69) is 38.7 Å². The predicted octanol–water partition coefficient (Wildman–Crippen LogP) is 3.14. The van der Waals surface area contributed by atoms with Crippen LogP contribution < -0.4 is 0 Å². The molecule has 0 fully saturated rings. The van der Waals surface area contributed by atoms with Gasteiger partial charge >= 0.3 is 0 Å². The predicted molar refractivity (Wildman–Crippen MR) is 61.9 cm³/mol. The molecule has 0 heterocycles. The first kappa shape index (κ1) is 13.3. The first-order chi connectivity index (χ1) is 6.56. The molecule has 0 saturated heterocycles. The van der Waals surface area contributed by atoms with Gasteiger partial charge in [-0.25, -0.2) is 0 Å². The molecule has 2 unspecified atom stereocenters. The maximum Gasteiger partial charge on any atom is 0.115 e. The van der Waals surface area contributed by atoms with Crippen LogP contribution in [0.4, 0.5) is 0 Å². The van der Waals surface area contributed by atoms with Crippen molar-refractivity contribution < 1.29 is 5.11 Å². The van der Waals surface area contributed by atoms with Crippen LogP contribution in [0.5, 0.6) is 0 Å². The number of hydrogen-bond donors (Lipinski definition) is 1. The lowest BCUT2D eigenvalue weighted by molar-refractivity contribution is 0.197. The molecule has 0 saturated carbocycles. The van der Waals surface area contributed by atoms with Crippen molar-refractivity contribution >= 4 is 0 Å². The van der Waals surface area contributed by atoms with Crippen molar-refractivity contribution in [3.05, 3.63) is 11.6 Å². The molecule has 0 aliphatic carbocycles. The molecule has 0 aromatic carbocycles. The molecular weight excluding hydrogens is 172 g/mol. The Kier molecular flexibility index (Phi) is 7.24. The molecule has 1 heteroatoms. The zero-order valence-corrected chi connectivity index (χ0v) is 9.80. The largest absolute Gasteiger partial charge is 0.380 e. The molecular formula is C13H22O. The third-order valence-electron chi connectivity index (χ3n) is 2.15. The van der Waals surface area contributed by atoms with Crippen LogP contribution >= 0.6 is 0 Å². The average Bonchev–Trinajstić information content (AvgIpc) is 2.03. The van der Waals surface area contributed by atoms with Gasteiger partial charge in [0.15, 0.2) is 0 Å². The molecule has 0 aliphatic rings. The van der Waals surface area contributed by atoms with E-state index in [1.165, 1.54) is 5.57 Å². The Morgan fingerprint density at radius 2 is 2.07 bits per heavy atom. The Morgan fingerprint density at radius 1 is 1.43 bits per heavy atom. The second kappa shape index (κ2) is 7.64. The smallest absolute Gasteiger partial charge is 0.115 e. The number of hydrogen-bond acceptors (Lipinski definition) is 1. The molecule has 0 rings (SSSR count). The van der Waals surface area contributed by atoms with Gasteiger partial charge in [-0.15, -0.1) is 5.92 Å². The molecule has 0 amide bonds. The van der Waals surface area contributed by atoms with Crippen LogP contribution in [0.1, 0.15) is 47.0 Å². The van der Waals surface area contributed by atoms with Crippen LogP contribution in [-0.4, -0.2) is 11.2 Å². The highest BCUT2D eigenvalue weighted by Gasteiger charge is 2.06. The van der Waals surface area contributed by atoms with Crippen molar-refractivity contribution in [2.75, 3.05) is 0 Å². The van der Waals surface area contributed by atoms with E-state index in [1.54, 1.807) is 6.92 Å². The summed E-state index contributed by atoms with van der Waals surface area (Å²) < 4.78 is 0. The van der Waals surface area contributed by atoms with Crippen LogP contribution in [0.2, 0.25) is 0 Å². The van der Waals surface area contributed by atoms with Gasteiger partial charge in [0.1, 0.15) is 6.10 Å². The van der Waals surface area contributed by atoms with Crippen molar-refractivity contribution in [3.63, 3.8) is 0 Å². The molecule has 0 aliphatic heterocycles. The van der Waals surface area contributed by atoms with Gasteiger partial charge in [-0.3, -0.25) is 0 Å². The van der Waals surface area contributed by atoms with Crippen molar-refractivity contribution in [2.45, 2.75) is 53.1 Å². The van der Waals surface area contributed by atoms with Crippen LogP contribution in [-0.2, 0) is 0 Å². The zero-order valence-electron chi connectivity index (χ0n) is 9.80. The lowest BCUT2D eigenvalue weighted by Gasteiger charge is -2.11. The summed E-state index contributed by atoms with van der Waals surface area (Å²) in [7, 11) is 0. The fourth-order valence-corrected chi connectivity index (χ4v) is 1.38. The summed E-state index contributed by atoms with van der Waals surface area (Å²) in [5, 5.41) is 9.44. The normalized spacial score (nSPS) is 13.8. The zero-order chi connectivity index (χ0) is 11.0. The van der Waals surface area contributed by atoms with E-state index in [1.807, 2.05) is 0 Å². The SMILES string of the molecule is CC#CC(O)CC(C)CCC=C(C)C. The second-order valence-electron chi connectivity index (χ2n) is 4.11.